The summed E-state index contributed by atoms with van der Waals surface area (Å²) in [6.45, 7) is -0.215. The van der Waals surface area contributed by atoms with Gasteiger partial charge in [-0.15, -0.1) is 11.3 Å². The zero-order chi connectivity index (χ0) is 56.2. The third-order valence-corrected chi connectivity index (χ3v) is 20.1. The number of fused-ring (bicyclic) bond motifs is 17. The number of rotatable bonds is 5. The van der Waals surface area contributed by atoms with Crippen LogP contribution in [0.25, 0.3) is 114 Å². The van der Waals surface area contributed by atoms with E-state index in [0.717, 1.165) is 105 Å². The van der Waals surface area contributed by atoms with E-state index in [-0.39, 0.29) is 6.71 Å². The van der Waals surface area contributed by atoms with Gasteiger partial charge in [0.25, 0.3) is 6.71 Å². The largest absolute Gasteiger partial charge is 0.311 e. The molecule has 0 bridgehead atoms. The van der Waals surface area contributed by atoms with Gasteiger partial charge >= 0.3 is 0 Å². The van der Waals surface area contributed by atoms with Gasteiger partial charge in [-0.2, -0.15) is 15.8 Å². The zero-order valence-corrected chi connectivity index (χ0v) is 46.8. The van der Waals surface area contributed by atoms with Crippen LogP contribution in [-0.4, -0.2) is 20.4 Å². The normalized spacial score (nSPS) is 12.6. The number of nitrogens with zero attached hydrogens (tertiary/aromatic N) is 7. The highest BCUT2D eigenvalue weighted by Gasteiger charge is 2.44. The maximum Gasteiger partial charge on any atom is 0.251 e. The number of hydrogen-bond donors (Lipinski definition) is 0. The van der Waals surface area contributed by atoms with Crippen LogP contribution in [0.1, 0.15) is 16.7 Å². The predicted molar refractivity (Wildman–Crippen MR) is 352 cm³/mol. The number of aromatic nitrogens is 3. The third kappa shape index (κ3) is 6.71. The highest BCUT2D eigenvalue weighted by atomic mass is 32.2. The van der Waals surface area contributed by atoms with Crippen molar-refractivity contribution in [3.05, 3.63) is 259 Å². The van der Waals surface area contributed by atoms with Gasteiger partial charge in [-0.1, -0.05) is 145 Å². The molecule has 390 valence electrons. The molecule has 0 spiro atoms. The molecule has 4 aromatic heterocycles. The van der Waals surface area contributed by atoms with Gasteiger partial charge in [-0.25, -0.2) is 0 Å². The second-order valence-corrected chi connectivity index (χ2v) is 24.2. The number of para-hydroxylation sites is 4. The van der Waals surface area contributed by atoms with Crippen LogP contribution in [0.4, 0.5) is 17.1 Å². The van der Waals surface area contributed by atoms with Gasteiger partial charge < -0.3 is 18.6 Å². The smallest absolute Gasteiger partial charge is 0.251 e. The van der Waals surface area contributed by atoms with E-state index in [2.05, 4.69) is 231 Å². The maximum atomic E-state index is 10.3. The molecule has 0 fully saturated rings. The Morgan fingerprint density at radius 1 is 0.353 bits per heavy atom. The first-order chi connectivity index (χ1) is 42.0. The molecule has 0 saturated carbocycles. The Hall–Kier alpha value is -11.1. The molecular formula is C75H40BN7S2. The average Bonchev–Trinajstić information content (AvgIpc) is 1.83. The van der Waals surface area contributed by atoms with Crippen LogP contribution in [0, 0.1) is 34.0 Å². The third-order valence-electron chi connectivity index (χ3n) is 17.7. The molecule has 12 aromatic carbocycles. The fourth-order valence-electron chi connectivity index (χ4n) is 14.2. The molecule has 18 rings (SSSR count). The molecular weight excluding hydrogens is 1070 g/mol. The van der Waals surface area contributed by atoms with Crippen molar-refractivity contribution < 1.29 is 0 Å². The molecule has 6 heterocycles. The van der Waals surface area contributed by atoms with Crippen molar-refractivity contribution in [2.24, 2.45) is 0 Å². The van der Waals surface area contributed by atoms with Gasteiger partial charge in [0.1, 0.15) is 0 Å². The van der Waals surface area contributed by atoms with E-state index >= 15 is 0 Å². The highest BCUT2D eigenvalue weighted by molar-refractivity contribution is 8.00. The summed E-state index contributed by atoms with van der Waals surface area (Å²) < 4.78 is 9.62. The van der Waals surface area contributed by atoms with Gasteiger partial charge in [-0.05, 0) is 132 Å². The molecule has 0 N–H and O–H groups in total. The summed E-state index contributed by atoms with van der Waals surface area (Å²) in [5, 5.41) is 39.3. The van der Waals surface area contributed by atoms with Crippen LogP contribution in [0.15, 0.2) is 252 Å². The quantitative estimate of drug-likeness (QED) is 0.160. The van der Waals surface area contributed by atoms with Crippen molar-refractivity contribution in [3.63, 3.8) is 0 Å². The molecule has 0 atom stereocenters. The van der Waals surface area contributed by atoms with Gasteiger partial charge in [0, 0.05) is 90.6 Å². The Balaban J connectivity index is 1.000. The number of thiophene rings is 1. The van der Waals surface area contributed by atoms with Gasteiger partial charge in [-0.3, -0.25) is 0 Å². The SMILES string of the molecule is N#Cc1ccc2c(c1)c1cc(C#N)ccc1n2-c1ccc2c(c1)Sc1cc(-n3c4ccccc4c4ccccc43)cc3c1B2c1c(cc(-n2c4ccccc4c4cc(C#N)ccc42)c2c1sc1ccccc12)N3c1ccccc1-c1ccccc1. The Morgan fingerprint density at radius 2 is 0.859 bits per heavy atom. The molecule has 85 heavy (non-hydrogen) atoms. The van der Waals surface area contributed by atoms with Crippen molar-refractivity contribution in [2.75, 3.05) is 4.90 Å². The average molecular weight is 1110 g/mol. The standard InChI is InChI=1S/C75H40BN7S2/c77-41-44-28-33-65-55(34-44)53-19-7-12-24-62(53)82(65)66-40-68-74(75-72(66)54-20-8-13-25-69(54)85-75)76-58-30-29-48(80-63-31-26-45(42-78)35-56(63)57-36-46(43-79)27-32-64(57)80)38-70(58)84-71-39-49(81-60-22-10-5-17-51(60)52-18-6-11-23-61(52)81)37-67(73(71)76)83(68)59-21-9-4-16-50(59)47-14-2-1-3-15-47/h1-40H. The van der Waals surface area contributed by atoms with Crippen molar-refractivity contribution in [2.45, 2.75) is 9.79 Å². The number of benzene rings is 12. The van der Waals surface area contributed by atoms with Crippen molar-refractivity contribution in [1.82, 2.24) is 13.7 Å². The van der Waals surface area contributed by atoms with E-state index < -0.39 is 0 Å². The van der Waals surface area contributed by atoms with Crippen LogP contribution in [0.3, 0.4) is 0 Å². The monoisotopic (exact) mass is 1110 g/mol. The molecule has 10 heteroatoms. The van der Waals surface area contributed by atoms with E-state index in [1.807, 2.05) is 71.6 Å². The molecule has 0 amide bonds. The fourth-order valence-corrected chi connectivity index (χ4v) is 16.8. The van der Waals surface area contributed by atoms with Crippen LogP contribution in [0.5, 0.6) is 0 Å². The minimum Gasteiger partial charge on any atom is -0.311 e. The van der Waals surface area contributed by atoms with Crippen LogP contribution < -0.4 is 21.3 Å². The lowest BCUT2D eigenvalue weighted by Crippen LogP contribution is -2.60. The van der Waals surface area contributed by atoms with Crippen molar-refractivity contribution >= 4 is 149 Å². The number of hydrogen-bond acceptors (Lipinski definition) is 6. The lowest BCUT2D eigenvalue weighted by Gasteiger charge is -2.42. The molecule has 0 unspecified atom stereocenters. The minimum atomic E-state index is -0.215. The molecule has 0 radical (unpaired) electrons. The Labute approximate surface area is 495 Å². The summed E-state index contributed by atoms with van der Waals surface area (Å²) in [5.41, 5.74) is 20.4. The first-order valence-electron chi connectivity index (χ1n) is 28.3. The van der Waals surface area contributed by atoms with Crippen LogP contribution in [-0.2, 0) is 0 Å². The molecule has 2 aliphatic rings. The molecule has 7 nitrogen and oxygen atoms in total. The molecule has 2 aliphatic heterocycles. The second-order valence-electron chi connectivity index (χ2n) is 22.1. The lowest BCUT2D eigenvalue weighted by atomic mass is 9.34. The van der Waals surface area contributed by atoms with E-state index in [0.29, 0.717) is 16.7 Å². The second kappa shape index (κ2) is 18.0. The minimum absolute atomic E-state index is 0.215. The Morgan fingerprint density at radius 3 is 1.52 bits per heavy atom. The van der Waals surface area contributed by atoms with E-state index in [1.54, 1.807) is 0 Å². The molecule has 0 aliphatic carbocycles. The van der Waals surface area contributed by atoms with Gasteiger partial charge in [0.05, 0.1) is 79.4 Å². The molecule has 0 saturated heterocycles. The maximum absolute atomic E-state index is 10.3. The van der Waals surface area contributed by atoms with Gasteiger partial charge in [0.15, 0.2) is 0 Å². The lowest BCUT2D eigenvalue weighted by molar-refractivity contribution is 1.15. The van der Waals surface area contributed by atoms with Crippen LogP contribution in [0.2, 0.25) is 0 Å². The summed E-state index contributed by atoms with van der Waals surface area (Å²) in [6, 6.07) is 94.1. The topological polar surface area (TPSA) is 89.4 Å². The van der Waals surface area contributed by atoms with Gasteiger partial charge in [0.2, 0.25) is 0 Å². The Bertz CT molecular complexity index is 5660. The van der Waals surface area contributed by atoms with E-state index in [4.69, 9.17) is 0 Å². The summed E-state index contributed by atoms with van der Waals surface area (Å²) in [7, 11) is 0. The summed E-state index contributed by atoms with van der Waals surface area (Å²) in [4.78, 5) is 4.91. The first kappa shape index (κ1) is 47.6. The predicted octanol–water partition coefficient (Wildman–Crippen LogP) is 17.4. The van der Waals surface area contributed by atoms with Crippen molar-refractivity contribution in [1.29, 1.82) is 15.8 Å². The van der Waals surface area contributed by atoms with Crippen molar-refractivity contribution in [3.8, 4) is 46.4 Å². The highest BCUT2D eigenvalue weighted by Crippen LogP contribution is 2.51. The summed E-state index contributed by atoms with van der Waals surface area (Å²) in [5.74, 6) is 0. The fraction of sp³-hybridized carbons (Fsp3) is 0. The molecule has 16 aromatic rings. The zero-order valence-electron chi connectivity index (χ0n) is 45.1. The summed E-state index contributed by atoms with van der Waals surface area (Å²) in [6.07, 6.45) is 0. The van der Waals surface area contributed by atoms with Crippen LogP contribution >= 0.6 is 23.1 Å². The van der Waals surface area contributed by atoms with E-state index in [9.17, 15) is 15.8 Å². The Kier molecular flexibility index (Phi) is 10.1. The summed E-state index contributed by atoms with van der Waals surface area (Å²) >= 11 is 3.70. The first-order valence-corrected chi connectivity index (χ1v) is 29.9. The number of anilines is 3. The van der Waals surface area contributed by atoms with E-state index in [1.165, 1.54) is 52.2 Å². The number of nitriles is 3.